The van der Waals surface area contributed by atoms with Crippen LogP contribution in [0.15, 0.2) is 0 Å². The van der Waals surface area contributed by atoms with Crippen LogP contribution in [0.2, 0.25) is 0 Å². The second-order valence-electron chi connectivity index (χ2n) is 4.28. The first-order valence-electron chi connectivity index (χ1n) is 4.30. The minimum absolute atomic E-state index is 0.165. The van der Waals surface area contributed by atoms with Crippen molar-refractivity contribution in [2.24, 2.45) is 5.73 Å². The van der Waals surface area contributed by atoms with Crippen molar-refractivity contribution in [1.29, 1.82) is 0 Å². The molecule has 0 radical (unpaired) electrons. The Labute approximate surface area is 89.4 Å². The number of hydrogen-bond donors (Lipinski definition) is 1. The van der Waals surface area contributed by atoms with Gasteiger partial charge in [0.25, 0.3) is 0 Å². The molecule has 0 unspecified atom stereocenters. The largest absolute Gasteiger partial charge is 0.374 e. The van der Waals surface area contributed by atoms with Crippen LogP contribution in [-0.4, -0.2) is 22.2 Å². The Balaban J connectivity index is 3.57. The van der Waals surface area contributed by atoms with Crippen molar-refractivity contribution in [1.82, 2.24) is 0 Å². The minimum Gasteiger partial charge on any atom is -0.374 e. The van der Waals surface area contributed by atoms with Crippen LogP contribution in [0, 0.1) is 0 Å². The third-order valence-corrected chi connectivity index (χ3v) is 2.22. The van der Waals surface area contributed by atoms with Crippen LogP contribution in [0.25, 0.3) is 0 Å². The summed E-state index contributed by atoms with van der Waals surface area (Å²) in [7, 11) is 0. The summed E-state index contributed by atoms with van der Waals surface area (Å²) in [6, 6.07) is 0. The van der Waals surface area contributed by atoms with E-state index in [1.54, 1.807) is 0 Å². The van der Waals surface area contributed by atoms with Gasteiger partial charge in [0.2, 0.25) is 0 Å². The Morgan fingerprint density at radius 3 is 2.08 bits per heavy atom. The molecule has 2 N–H and O–H groups in total. The molecule has 3 heteroatoms. The zero-order valence-electron chi connectivity index (χ0n) is 8.48. The monoisotopic (exact) mass is 285 g/mol. The van der Waals surface area contributed by atoms with Crippen LogP contribution in [0.1, 0.15) is 34.1 Å². The number of alkyl halides is 1. The topological polar surface area (TPSA) is 35.2 Å². The molecule has 0 aliphatic carbocycles. The van der Waals surface area contributed by atoms with Crippen molar-refractivity contribution >= 4 is 22.6 Å². The average Bonchev–Trinajstić information content (AvgIpc) is 1.84. The molecule has 0 spiro atoms. The predicted molar refractivity (Wildman–Crippen MR) is 61.8 cm³/mol. The SMILES string of the molecule is CC(C)(I)CCOC(C)(C)CN. The van der Waals surface area contributed by atoms with Crippen LogP contribution in [0.4, 0.5) is 0 Å². The van der Waals surface area contributed by atoms with E-state index in [4.69, 9.17) is 10.5 Å². The van der Waals surface area contributed by atoms with Gasteiger partial charge >= 0.3 is 0 Å². The lowest BCUT2D eigenvalue weighted by Crippen LogP contribution is -2.35. The normalized spacial score (nSPS) is 13.5. The molecule has 12 heavy (non-hydrogen) atoms. The number of rotatable bonds is 5. The summed E-state index contributed by atoms with van der Waals surface area (Å²) >= 11 is 2.43. The average molecular weight is 285 g/mol. The Morgan fingerprint density at radius 1 is 1.25 bits per heavy atom. The minimum atomic E-state index is -0.165. The molecular weight excluding hydrogens is 265 g/mol. The highest BCUT2D eigenvalue weighted by Crippen LogP contribution is 2.22. The van der Waals surface area contributed by atoms with E-state index < -0.39 is 0 Å². The fourth-order valence-corrected chi connectivity index (χ4v) is 0.849. The Kier molecular flexibility index (Phi) is 5.02. The Bertz CT molecular complexity index is 129. The molecule has 0 aromatic heterocycles. The zero-order valence-corrected chi connectivity index (χ0v) is 10.6. The van der Waals surface area contributed by atoms with Gasteiger partial charge in [-0.1, -0.05) is 36.4 Å². The third-order valence-electron chi connectivity index (χ3n) is 1.68. The highest BCUT2D eigenvalue weighted by atomic mass is 127. The van der Waals surface area contributed by atoms with Crippen LogP contribution < -0.4 is 5.73 Å². The third kappa shape index (κ3) is 7.31. The van der Waals surface area contributed by atoms with E-state index in [-0.39, 0.29) is 5.60 Å². The van der Waals surface area contributed by atoms with Gasteiger partial charge in [0.15, 0.2) is 0 Å². The maximum Gasteiger partial charge on any atom is 0.0748 e. The van der Waals surface area contributed by atoms with Crippen LogP contribution in [0.3, 0.4) is 0 Å². The lowest BCUT2D eigenvalue weighted by Gasteiger charge is -2.25. The Hall–Kier alpha value is 0.650. The van der Waals surface area contributed by atoms with E-state index >= 15 is 0 Å². The Morgan fingerprint density at radius 2 is 1.75 bits per heavy atom. The van der Waals surface area contributed by atoms with E-state index in [2.05, 4.69) is 36.4 Å². The second kappa shape index (κ2) is 4.77. The molecule has 0 bridgehead atoms. The van der Waals surface area contributed by atoms with Crippen molar-refractivity contribution in [3.8, 4) is 0 Å². The zero-order chi connectivity index (χ0) is 9.83. The van der Waals surface area contributed by atoms with Crippen LogP contribution >= 0.6 is 22.6 Å². The molecular formula is C9H20INO. The molecule has 0 aliphatic rings. The molecule has 0 amide bonds. The molecule has 74 valence electrons. The molecule has 0 atom stereocenters. The summed E-state index contributed by atoms with van der Waals surface area (Å²) in [5, 5.41) is 0. The van der Waals surface area contributed by atoms with E-state index in [1.807, 2.05) is 13.8 Å². The standard InChI is InChI=1S/C9H20INO/c1-8(2,10)5-6-12-9(3,4)7-11/h5-7,11H2,1-4H3. The van der Waals surface area contributed by atoms with Gasteiger partial charge in [0.05, 0.1) is 5.60 Å². The van der Waals surface area contributed by atoms with Gasteiger partial charge in [-0.25, -0.2) is 0 Å². The molecule has 0 fully saturated rings. The predicted octanol–water partition coefficient (Wildman–Crippen LogP) is 2.34. The van der Waals surface area contributed by atoms with Crippen molar-refractivity contribution < 1.29 is 4.74 Å². The van der Waals surface area contributed by atoms with Gasteiger partial charge in [-0.2, -0.15) is 0 Å². The number of hydrogen-bond acceptors (Lipinski definition) is 2. The number of nitrogens with two attached hydrogens (primary N) is 1. The summed E-state index contributed by atoms with van der Waals surface area (Å²) in [6.07, 6.45) is 1.07. The van der Waals surface area contributed by atoms with Gasteiger partial charge in [-0.3, -0.25) is 0 Å². The van der Waals surface area contributed by atoms with Crippen molar-refractivity contribution in [2.45, 2.75) is 43.1 Å². The molecule has 0 saturated heterocycles. The van der Waals surface area contributed by atoms with E-state index in [9.17, 15) is 0 Å². The summed E-state index contributed by atoms with van der Waals surface area (Å²) in [6.45, 7) is 9.81. The first-order valence-corrected chi connectivity index (χ1v) is 5.38. The molecule has 0 aromatic rings. The van der Waals surface area contributed by atoms with Gasteiger partial charge in [-0.05, 0) is 20.3 Å². The van der Waals surface area contributed by atoms with Gasteiger partial charge < -0.3 is 10.5 Å². The highest BCUT2D eigenvalue weighted by molar-refractivity contribution is 14.1. The second-order valence-corrected chi connectivity index (χ2v) is 7.20. The summed E-state index contributed by atoms with van der Waals surface area (Å²) in [5.41, 5.74) is 5.36. The quantitative estimate of drug-likeness (QED) is 0.621. The molecule has 0 rings (SSSR count). The number of halogens is 1. The maximum atomic E-state index is 5.62. The highest BCUT2D eigenvalue weighted by Gasteiger charge is 2.18. The first kappa shape index (κ1) is 12.7. The van der Waals surface area contributed by atoms with Crippen molar-refractivity contribution in [3.05, 3.63) is 0 Å². The lowest BCUT2D eigenvalue weighted by molar-refractivity contribution is -0.0130. The molecule has 0 aliphatic heterocycles. The summed E-state index contributed by atoms with van der Waals surface area (Å²) in [4.78, 5) is 0. The summed E-state index contributed by atoms with van der Waals surface area (Å²) < 4.78 is 5.95. The first-order chi connectivity index (χ1) is 5.27. The van der Waals surface area contributed by atoms with E-state index in [0.29, 0.717) is 9.97 Å². The number of ether oxygens (including phenoxy) is 1. The van der Waals surface area contributed by atoms with Crippen LogP contribution in [0.5, 0.6) is 0 Å². The van der Waals surface area contributed by atoms with Gasteiger partial charge in [-0.15, -0.1) is 0 Å². The fourth-order valence-electron chi connectivity index (χ4n) is 0.629. The van der Waals surface area contributed by atoms with E-state index in [0.717, 1.165) is 13.0 Å². The van der Waals surface area contributed by atoms with Gasteiger partial charge in [0, 0.05) is 16.6 Å². The molecule has 0 aromatic carbocycles. The maximum absolute atomic E-state index is 5.62. The molecule has 0 heterocycles. The smallest absolute Gasteiger partial charge is 0.0748 e. The van der Waals surface area contributed by atoms with Crippen molar-refractivity contribution in [2.75, 3.05) is 13.2 Å². The van der Waals surface area contributed by atoms with Crippen LogP contribution in [-0.2, 0) is 4.74 Å². The fraction of sp³-hybridized carbons (Fsp3) is 1.00. The lowest BCUT2D eigenvalue weighted by atomic mass is 10.1. The van der Waals surface area contributed by atoms with E-state index in [1.165, 1.54) is 0 Å². The molecule has 0 saturated carbocycles. The van der Waals surface area contributed by atoms with Crippen molar-refractivity contribution in [3.63, 3.8) is 0 Å². The summed E-state index contributed by atoms with van der Waals surface area (Å²) in [5.74, 6) is 0. The molecule has 2 nitrogen and oxygen atoms in total. The van der Waals surface area contributed by atoms with Gasteiger partial charge in [0.1, 0.15) is 0 Å².